The van der Waals surface area contributed by atoms with E-state index in [1.165, 1.54) is 0 Å². The molecule has 1 unspecified atom stereocenters. The minimum absolute atomic E-state index is 0.0921. The molecule has 27 heavy (non-hydrogen) atoms. The maximum atomic E-state index is 12.4. The Bertz CT molecular complexity index is 741. The Morgan fingerprint density at radius 2 is 1.56 bits per heavy atom. The first-order valence-electron chi connectivity index (χ1n) is 9.21. The molecule has 0 radical (unpaired) electrons. The smallest absolute Gasteiger partial charge is 0.303 e. The molecular weight excluding hydrogens is 342 g/mol. The van der Waals surface area contributed by atoms with Crippen LogP contribution in [0.3, 0.4) is 0 Å². The van der Waals surface area contributed by atoms with Crippen LogP contribution in [0.5, 0.6) is 0 Å². The van der Waals surface area contributed by atoms with Crippen molar-refractivity contribution in [2.45, 2.75) is 45.3 Å². The van der Waals surface area contributed by atoms with E-state index in [0.29, 0.717) is 6.42 Å². The van der Waals surface area contributed by atoms with Gasteiger partial charge in [-0.15, -0.1) is 0 Å². The first-order valence-corrected chi connectivity index (χ1v) is 9.21. The molecule has 0 saturated heterocycles. The highest BCUT2D eigenvalue weighted by molar-refractivity contribution is 5.79. The molecule has 0 fully saturated rings. The molecule has 0 aromatic heterocycles. The summed E-state index contributed by atoms with van der Waals surface area (Å²) in [5.41, 5.74) is 3.32. The van der Waals surface area contributed by atoms with Gasteiger partial charge in [-0.1, -0.05) is 61.5 Å². The molecule has 5 heteroatoms. The molecule has 0 aliphatic heterocycles. The number of hydrogen-bond donors (Lipinski definition) is 3. The molecule has 0 aliphatic rings. The molecule has 1 amide bonds. The Hall–Kier alpha value is -2.66. The molecule has 0 spiro atoms. The molecule has 144 valence electrons. The fourth-order valence-corrected chi connectivity index (χ4v) is 2.95. The second-order valence-corrected chi connectivity index (χ2v) is 6.96. The number of aliphatic hydroxyl groups excluding tert-OH is 1. The lowest BCUT2D eigenvalue weighted by Gasteiger charge is -2.23. The van der Waals surface area contributed by atoms with E-state index in [9.17, 15) is 14.7 Å². The molecule has 0 bridgehead atoms. The first-order chi connectivity index (χ1) is 12.9. The average Bonchev–Trinajstić information content (AvgIpc) is 2.65. The number of benzene rings is 2. The van der Waals surface area contributed by atoms with Crippen LogP contribution in [-0.4, -0.2) is 34.2 Å². The van der Waals surface area contributed by atoms with Crippen molar-refractivity contribution in [1.29, 1.82) is 0 Å². The quantitative estimate of drug-likeness (QED) is 0.633. The number of rotatable bonds is 9. The molecule has 5 nitrogen and oxygen atoms in total. The summed E-state index contributed by atoms with van der Waals surface area (Å²) in [5.74, 6) is -1.40. The Labute approximate surface area is 160 Å². The van der Waals surface area contributed by atoms with E-state index < -0.39 is 18.1 Å². The lowest BCUT2D eigenvalue weighted by Crippen LogP contribution is -2.44. The largest absolute Gasteiger partial charge is 0.481 e. The number of carboxylic acids is 1. The van der Waals surface area contributed by atoms with Crippen LogP contribution in [-0.2, 0) is 16.0 Å². The number of carboxylic acid groups (broad SMARTS) is 1. The van der Waals surface area contributed by atoms with Gasteiger partial charge in [-0.3, -0.25) is 9.59 Å². The maximum absolute atomic E-state index is 12.4. The Morgan fingerprint density at radius 3 is 2.11 bits per heavy atom. The summed E-state index contributed by atoms with van der Waals surface area (Å²) in [5, 5.41) is 21.3. The average molecular weight is 369 g/mol. The fraction of sp³-hybridized carbons (Fsp3) is 0.364. The monoisotopic (exact) mass is 369 g/mol. The molecule has 0 heterocycles. The van der Waals surface area contributed by atoms with Gasteiger partial charge in [0.25, 0.3) is 0 Å². The second-order valence-electron chi connectivity index (χ2n) is 6.96. The fourth-order valence-electron chi connectivity index (χ4n) is 2.95. The standard InChI is InChI=1S/C22H27NO4/c1-15(22(27)23-20(16(2)24)12-13-21(25)26)14-17-8-10-19(11-9-17)18-6-4-3-5-7-18/h3-11,15-16,20,24H,12-14H2,1-2H3,(H,23,27)(H,25,26)/t15-,16?,20-/m0/s1. The van der Waals surface area contributed by atoms with Gasteiger partial charge in [0.05, 0.1) is 12.1 Å². The van der Waals surface area contributed by atoms with E-state index in [1.807, 2.05) is 49.4 Å². The highest BCUT2D eigenvalue weighted by Crippen LogP contribution is 2.20. The molecule has 2 rings (SSSR count). The number of carbonyl (C=O) groups excluding carboxylic acids is 1. The van der Waals surface area contributed by atoms with Gasteiger partial charge in [0, 0.05) is 12.3 Å². The number of carbonyl (C=O) groups is 2. The lowest BCUT2D eigenvalue weighted by atomic mass is 9.97. The van der Waals surface area contributed by atoms with Crippen molar-refractivity contribution < 1.29 is 19.8 Å². The summed E-state index contributed by atoms with van der Waals surface area (Å²) in [4.78, 5) is 23.1. The van der Waals surface area contributed by atoms with Crippen molar-refractivity contribution in [3.63, 3.8) is 0 Å². The van der Waals surface area contributed by atoms with Crippen LogP contribution in [0.25, 0.3) is 11.1 Å². The predicted octanol–water partition coefficient (Wildman–Crippen LogP) is 3.26. The van der Waals surface area contributed by atoms with Crippen molar-refractivity contribution in [1.82, 2.24) is 5.32 Å². The van der Waals surface area contributed by atoms with E-state index in [2.05, 4.69) is 17.4 Å². The molecule has 0 aliphatic carbocycles. The maximum Gasteiger partial charge on any atom is 0.303 e. The van der Waals surface area contributed by atoms with Crippen molar-refractivity contribution >= 4 is 11.9 Å². The summed E-state index contributed by atoms with van der Waals surface area (Å²) in [6, 6.07) is 17.6. The van der Waals surface area contributed by atoms with Gasteiger partial charge in [-0.05, 0) is 36.5 Å². The molecule has 0 saturated carbocycles. The number of aliphatic hydroxyl groups is 1. The molecule has 3 atom stereocenters. The van der Waals surface area contributed by atoms with Crippen molar-refractivity contribution in [3.8, 4) is 11.1 Å². The predicted molar refractivity (Wildman–Crippen MR) is 105 cm³/mol. The summed E-state index contributed by atoms with van der Waals surface area (Å²) >= 11 is 0. The van der Waals surface area contributed by atoms with Gasteiger partial charge in [0.15, 0.2) is 0 Å². The summed E-state index contributed by atoms with van der Waals surface area (Å²) in [6.07, 6.45) is -0.111. The van der Waals surface area contributed by atoms with Crippen molar-refractivity contribution in [3.05, 3.63) is 60.2 Å². The highest BCUT2D eigenvalue weighted by atomic mass is 16.4. The van der Waals surface area contributed by atoms with Gasteiger partial charge >= 0.3 is 5.97 Å². The van der Waals surface area contributed by atoms with E-state index in [-0.39, 0.29) is 24.7 Å². The van der Waals surface area contributed by atoms with Gasteiger partial charge in [0.2, 0.25) is 5.91 Å². The van der Waals surface area contributed by atoms with Crippen LogP contribution in [0.2, 0.25) is 0 Å². The number of nitrogens with one attached hydrogen (secondary N) is 1. The van der Waals surface area contributed by atoms with E-state index in [1.54, 1.807) is 6.92 Å². The second kappa shape index (κ2) is 9.88. The van der Waals surface area contributed by atoms with Crippen LogP contribution >= 0.6 is 0 Å². The zero-order valence-corrected chi connectivity index (χ0v) is 15.8. The topological polar surface area (TPSA) is 86.6 Å². The van der Waals surface area contributed by atoms with Crippen LogP contribution < -0.4 is 5.32 Å². The zero-order chi connectivity index (χ0) is 19.8. The highest BCUT2D eigenvalue weighted by Gasteiger charge is 2.22. The third kappa shape index (κ3) is 6.53. The molecule has 2 aromatic carbocycles. The van der Waals surface area contributed by atoms with Crippen molar-refractivity contribution in [2.24, 2.45) is 5.92 Å². The third-order valence-corrected chi connectivity index (χ3v) is 4.63. The Kier molecular flexibility index (Phi) is 7.55. The van der Waals surface area contributed by atoms with Crippen LogP contribution in [0.1, 0.15) is 32.3 Å². The van der Waals surface area contributed by atoms with Gasteiger partial charge in [-0.2, -0.15) is 0 Å². The Balaban J connectivity index is 1.94. The summed E-state index contributed by atoms with van der Waals surface area (Å²) in [7, 11) is 0. The summed E-state index contributed by atoms with van der Waals surface area (Å²) < 4.78 is 0. The minimum Gasteiger partial charge on any atom is -0.481 e. The SMILES string of the molecule is CC(O)[C@H](CCC(=O)O)NC(=O)[C@@H](C)Cc1ccc(-c2ccccc2)cc1. The van der Waals surface area contributed by atoms with Gasteiger partial charge in [-0.25, -0.2) is 0 Å². The third-order valence-electron chi connectivity index (χ3n) is 4.63. The van der Waals surface area contributed by atoms with Crippen molar-refractivity contribution in [2.75, 3.05) is 0 Å². The van der Waals surface area contributed by atoms with E-state index in [4.69, 9.17) is 5.11 Å². The number of hydrogen-bond acceptors (Lipinski definition) is 3. The number of aliphatic carboxylic acids is 1. The minimum atomic E-state index is -0.943. The summed E-state index contributed by atoms with van der Waals surface area (Å²) in [6.45, 7) is 3.39. The van der Waals surface area contributed by atoms with Crippen LogP contribution in [0.4, 0.5) is 0 Å². The van der Waals surface area contributed by atoms with E-state index >= 15 is 0 Å². The zero-order valence-electron chi connectivity index (χ0n) is 15.8. The van der Waals surface area contributed by atoms with Crippen LogP contribution in [0, 0.1) is 5.92 Å². The lowest BCUT2D eigenvalue weighted by molar-refractivity contribution is -0.137. The molecule has 2 aromatic rings. The molecular formula is C22H27NO4. The van der Waals surface area contributed by atoms with Gasteiger partial charge < -0.3 is 15.5 Å². The number of amides is 1. The Morgan fingerprint density at radius 1 is 0.963 bits per heavy atom. The molecule has 3 N–H and O–H groups in total. The van der Waals surface area contributed by atoms with Gasteiger partial charge in [0.1, 0.15) is 0 Å². The van der Waals surface area contributed by atoms with Crippen LogP contribution in [0.15, 0.2) is 54.6 Å². The van der Waals surface area contributed by atoms with E-state index in [0.717, 1.165) is 16.7 Å². The normalized spacial score (nSPS) is 14.2. The first kappa shape index (κ1) is 20.6.